The van der Waals surface area contributed by atoms with Gasteiger partial charge in [-0.1, -0.05) is 11.6 Å². The first kappa shape index (κ1) is 18.5. The van der Waals surface area contributed by atoms with Crippen LogP contribution in [0.3, 0.4) is 0 Å². The van der Waals surface area contributed by atoms with Crippen LogP contribution in [0, 0.1) is 5.41 Å². The number of aromatic nitrogens is 5. The molecule has 0 saturated carbocycles. The lowest BCUT2D eigenvalue weighted by molar-refractivity contribution is 0.133. The van der Waals surface area contributed by atoms with Gasteiger partial charge in [-0.3, -0.25) is 0 Å². The number of hydrogen-bond donors (Lipinski definition) is 2. The zero-order chi connectivity index (χ0) is 20.0. The maximum atomic E-state index is 9.98. The third-order valence-electron chi connectivity index (χ3n) is 6.03. The second-order valence-corrected chi connectivity index (χ2v) is 8.11. The van der Waals surface area contributed by atoms with Gasteiger partial charge in [0.25, 0.3) is 0 Å². The van der Waals surface area contributed by atoms with Gasteiger partial charge in [-0.05, 0) is 30.7 Å². The zero-order valence-corrected chi connectivity index (χ0v) is 16.6. The quantitative estimate of drug-likeness (QED) is 0.666. The maximum Gasteiger partial charge on any atom is 0.182 e. The first-order chi connectivity index (χ1) is 14.1. The van der Waals surface area contributed by atoms with Crippen molar-refractivity contribution in [3.05, 3.63) is 29.2 Å². The molecule has 5 rings (SSSR count). The minimum Gasteiger partial charge on any atom is -0.390 e. The number of nitrogens with zero attached hydrogens (tertiary/aromatic N) is 6. The van der Waals surface area contributed by atoms with E-state index in [1.807, 2.05) is 0 Å². The second kappa shape index (κ2) is 7.08. The van der Waals surface area contributed by atoms with Gasteiger partial charge in [-0.15, -0.1) is 0 Å². The van der Waals surface area contributed by atoms with E-state index < -0.39 is 0 Å². The Morgan fingerprint density at radius 3 is 2.79 bits per heavy atom. The molecule has 2 saturated heterocycles. The molecule has 3 aromatic heterocycles. The van der Waals surface area contributed by atoms with Crippen molar-refractivity contribution in [2.24, 2.45) is 5.41 Å². The standard InChI is InChI=1S/C19H22ClN7O2/c20-15-14(1-5-22-16(15)21)27-18-12(9-23-27)24-17(13(10-28)25-18)26-6-2-19(3-7-26)4-8-29-11-19/h1,5,9,28H,2-4,6-8,10-11H2,(H2,21,22). The molecule has 0 aliphatic carbocycles. The van der Waals surface area contributed by atoms with E-state index in [0.29, 0.717) is 38.8 Å². The Kier molecular flexibility index (Phi) is 4.53. The number of nitrogen functional groups attached to an aromatic ring is 1. The molecule has 5 heterocycles. The summed E-state index contributed by atoms with van der Waals surface area (Å²) in [5.74, 6) is 0.937. The van der Waals surface area contributed by atoms with Gasteiger partial charge in [-0.2, -0.15) is 5.10 Å². The van der Waals surface area contributed by atoms with Gasteiger partial charge in [0.2, 0.25) is 0 Å². The lowest BCUT2D eigenvalue weighted by Gasteiger charge is -2.39. The first-order valence-corrected chi connectivity index (χ1v) is 10.1. The third-order valence-corrected chi connectivity index (χ3v) is 6.42. The highest BCUT2D eigenvalue weighted by Gasteiger charge is 2.38. The summed E-state index contributed by atoms with van der Waals surface area (Å²) in [6.45, 7) is 3.24. The Bertz CT molecular complexity index is 1050. The molecule has 29 heavy (non-hydrogen) atoms. The smallest absolute Gasteiger partial charge is 0.182 e. The van der Waals surface area contributed by atoms with Crippen LogP contribution in [0.15, 0.2) is 18.5 Å². The van der Waals surface area contributed by atoms with Crippen LogP contribution in [0.2, 0.25) is 5.02 Å². The van der Waals surface area contributed by atoms with Crippen molar-refractivity contribution < 1.29 is 9.84 Å². The summed E-state index contributed by atoms with van der Waals surface area (Å²) in [6, 6.07) is 1.72. The van der Waals surface area contributed by atoms with E-state index >= 15 is 0 Å². The van der Waals surface area contributed by atoms with E-state index in [9.17, 15) is 5.11 Å². The van der Waals surface area contributed by atoms with Crippen molar-refractivity contribution in [1.82, 2.24) is 24.7 Å². The Balaban J connectivity index is 1.51. The van der Waals surface area contributed by atoms with Crippen molar-refractivity contribution in [1.29, 1.82) is 0 Å². The van der Waals surface area contributed by atoms with Crippen LogP contribution in [0.1, 0.15) is 25.0 Å². The minimum atomic E-state index is -0.208. The van der Waals surface area contributed by atoms with Crippen LogP contribution in [0.4, 0.5) is 11.6 Å². The van der Waals surface area contributed by atoms with Crippen LogP contribution in [0.25, 0.3) is 16.9 Å². The van der Waals surface area contributed by atoms with Crippen molar-refractivity contribution in [3.63, 3.8) is 0 Å². The maximum absolute atomic E-state index is 9.98. The fourth-order valence-electron chi connectivity index (χ4n) is 4.26. The predicted molar refractivity (Wildman–Crippen MR) is 109 cm³/mol. The lowest BCUT2D eigenvalue weighted by atomic mass is 9.78. The topological polar surface area (TPSA) is 115 Å². The third kappa shape index (κ3) is 3.09. The summed E-state index contributed by atoms with van der Waals surface area (Å²) in [7, 11) is 0. The van der Waals surface area contributed by atoms with Crippen LogP contribution in [-0.2, 0) is 11.3 Å². The van der Waals surface area contributed by atoms with Gasteiger partial charge in [-0.25, -0.2) is 19.6 Å². The summed E-state index contributed by atoms with van der Waals surface area (Å²) >= 11 is 6.31. The van der Waals surface area contributed by atoms with Crippen LogP contribution >= 0.6 is 11.6 Å². The first-order valence-electron chi connectivity index (χ1n) is 9.69. The van der Waals surface area contributed by atoms with E-state index in [1.165, 1.54) is 0 Å². The van der Waals surface area contributed by atoms with E-state index in [4.69, 9.17) is 27.1 Å². The molecule has 0 atom stereocenters. The van der Waals surface area contributed by atoms with Crippen molar-refractivity contribution in [2.75, 3.05) is 36.9 Å². The molecule has 0 unspecified atom stereocenters. The summed E-state index contributed by atoms with van der Waals surface area (Å²) in [5, 5.41) is 14.7. The summed E-state index contributed by atoms with van der Waals surface area (Å²) in [6.07, 6.45) is 6.46. The number of ether oxygens (including phenoxy) is 1. The van der Waals surface area contributed by atoms with Gasteiger partial charge in [0, 0.05) is 25.9 Å². The number of aliphatic hydroxyl groups excluding tert-OH is 1. The Labute approximate surface area is 172 Å². The number of aliphatic hydroxyl groups is 1. The molecule has 0 aromatic carbocycles. The number of hydrogen-bond acceptors (Lipinski definition) is 8. The van der Waals surface area contributed by atoms with Gasteiger partial charge in [0.05, 0.1) is 25.1 Å². The van der Waals surface area contributed by atoms with E-state index in [1.54, 1.807) is 23.1 Å². The molecular weight excluding hydrogens is 394 g/mol. The number of rotatable bonds is 3. The van der Waals surface area contributed by atoms with Crippen molar-refractivity contribution in [2.45, 2.75) is 25.9 Å². The average molecular weight is 416 g/mol. The Morgan fingerprint density at radius 2 is 2.07 bits per heavy atom. The number of nitrogens with two attached hydrogens (primary N) is 1. The van der Waals surface area contributed by atoms with Crippen molar-refractivity contribution in [3.8, 4) is 5.69 Å². The normalized spacial score (nSPS) is 18.8. The van der Waals surface area contributed by atoms with E-state index in [0.717, 1.165) is 45.6 Å². The second-order valence-electron chi connectivity index (χ2n) is 7.74. The molecule has 3 N–H and O–H groups in total. The van der Waals surface area contributed by atoms with Gasteiger partial charge in [0.1, 0.15) is 22.1 Å². The molecule has 0 amide bonds. The number of anilines is 2. The Morgan fingerprint density at radius 1 is 1.24 bits per heavy atom. The average Bonchev–Trinajstić information content (AvgIpc) is 3.37. The van der Waals surface area contributed by atoms with Crippen LogP contribution < -0.4 is 10.6 Å². The molecular formula is C19H22ClN7O2. The number of halogens is 1. The number of pyridine rings is 1. The molecule has 2 aliphatic rings. The highest BCUT2D eigenvalue weighted by Crippen LogP contribution is 2.40. The van der Waals surface area contributed by atoms with Crippen LogP contribution in [0.5, 0.6) is 0 Å². The molecule has 0 radical (unpaired) electrons. The lowest BCUT2D eigenvalue weighted by Crippen LogP contribution is -2.41. The summed E-state index contributed by atoms with van der Waals surface area (Å²) in [4.78, 5) is 15.6. The van der Waals surface area contributed by atoms with Crippen molar-refractivity contribution >= 4 is 34.4 Å². The van der Waals surface area contributed by atoms with E-state index in [2.05, 4.69) is 20.0 Å². The molecule has 0 bridgehead atoms. The minimum absolute atomic E-state index is 0.208. The SMILES string of the molecule is Nc1nccc(-n2ncc3nc(N4CCC5(CCOC5)CC4)c(CO)nc32)c1Cl. The van der Waals surface area contributed by atoms with Gasteiger partial charge >= 0.3 is 0 Å². The molecule has 2 aliphatic heterocycles. The molecule has 10 heteroatoms. The molecule has 2 fully saturated rings. The summed E-state index contributed by atoms with van der Waals surface area (Å²) in [5.41, 5.74) is 8.37. The van der Waals surface area contributed by atoms with Crippen LogP contribution in [-0.4, -0.2) is 56.1 Å². The molecule has 9 nitrogen and oxygen atoms in total. The highest BCUT2D eigenvalue weighted by atomic mass is 35.5. The van der Waals surface area contributed by atoms with E-state index in [-0.39, 0.29) is 12.4 Å². The zero-order valence-electron chi connectivity index (χ0n) is 15.9. The molecule has 152 valence electrons. The van der Waals surface area contributed by atoms with Gasteiger partial charge < -0.3 is 20.5 Å². The molecule has 3 aromatic rings. The van der Waals surface area contributed by atoms with Gasteiger partial charge in [0.15, 0.2) is 11.5 Å². The highest BCUT2D eigenvalue weighted by molar-refractivity contribution is 6.34. The molecule has 1 spiro atoms. The summed E-state index contributed by atoms with van der Waals surface area (Å²) < 4.78 is 7.20. The number of piperidine rings is 1. The predicted octanol–water partition coefficient (Wildman–Crippen LogP) is 1.95. The fraction of sp³-hybridized carbons (Fsp3) is 0.474. The largest absolute Gasteiger partial charge is 0.390 e. The Hall–Kier alpha value is -2.49. The number of fused-ring (bicyclic) bond motifs is 1. The monoisotopic (exact) mass is 415 g/mol. The fourth-order valence-corrected chi connectivity index (χ4v) is 4.45.